The first-order chi connectivity index (χ1) is 9.11. The predicted octanol–water partition coefficient (Wildman–Crippen LogP) is 3.46. The first-order valence-electron chi connectivity index (χ1n) is 5.73. The highest BCUT2D eigenvalue weighted by Crippen LogP contribution is 2.21. The van der Waals surface area contributed by atoms with Crippen LogP contribution in [0.25, 0.3) is 0 Å². The van der Waals surface area contributed by atoms with E-state index in [4.69, 9.17) is 0 Å². The monoisotopic (exact) mass is 276 g/mol. The molecule has 1 atom stereocenters. The fourth-order valence-electron chi connectivity index (χ4n) is 1.71. The average molecular weight is 276 g/mol. The highest BCUT2D eigenvalue weighted by molar-refractivity contribution is 7.98. The Morgan fingerprint density at radius 1 is 1.11 bits per heavy atom. The van der Waals surface area contributed by atoms with Gasteiger partial charge >= 0.3 is 0 Å². The molecular formula is C15H13FO2S. The molecule has 0 aliphatic heterocycles. The molecule has 19 heavy (non-hydrogen) atoms. The molecule has 4 heteroatoms. The molecule has 0 aromatic heterocycles. The maximum absolute atomic E-state index is 12.8. The van der Waals surface area contributed by atoms with Gasteiger partial charge in [-0.3, -0.25) is 4.79 Å². The molecular weight excluding hydrogens is 263 g/mol. The van der Waals surface area contributed by atoms with Gasteiger partial charge in [0.05, 0.1) is 0 Å². The van der Waals surface area contributed by atoms with Gasteiger partial charge in [0.2, 0.25) is 0 Å². The van der Waals surface area contributed by atoms with E-state index in [1.165, 1.54) is 24.3 Å². The number of carbonyl (C=O) groups is 1. The summed E-state index contributed by atoms with van der Waals surface area (Å²) in [7, 11) is 0. The highest BCUT2D eigenvalue weighted by atomic mass is 32.2. The molecule has 0 aliphatic carbocycles. The van der Waals surface area contributed by atoms with Crippen LogP contribution in [-0.4, -0.2) is 17.1 Å². The van der Waals surface area contributed by atoms with Crippen molar-refractivity contribution in [2.24, 2.45) is 0 Å². The van der Waals surface area contributed by atoms with Gasteiger partial charge in [-0.25, -0.2) is 4.39 Å². The van der Waals surface area contributed by atoms with Crippen LogP contribution in [-0.2, 0) is 0 Å². The van der Waals surface area contributed by atoms with Crippen molar-refractivity contribution in [3.05, 3.63) is 65.5 Å². The standard InChI is InChI=1S/C15H13FO2S/c1-19-13-8-4-11(5-9-13)15(18)14(17)10-2-6-12(16)7-3-10/h2-9,14,17H,1H3. The number of thioether (sulfide) groups is 1. The minimum atomic E-state index is -1.26. The topological polar surface area (TPSA) is 37.3 Å². The Morgan fingerprint density at radius 2 is 1.68 bits per heavy atom. The zero-order valence-corrected chi connectivity index (χ0v) is 11.2. The molecule has 2 nitrogen and oxygen atoms in total. The number of aliphatic hydroxyl groups is 1. The summed E-state index contributed by atoms with van der Waals surface area (Å²) in [6.07, 6.45) is 0.685. The van der Waals surface area contributed by atoms with Crippen molar-refractivity contribution in [3.8, 4) is 0 Å². The molecule has 2 aromatic rings. The van der Waals surface area contributed by atoms with Gasteiger partial charge in [0.15, 0.2) is 5.78 Å². The van der Waals surface area contributed by atoms with E-state index in [9.17, 15) is 14.3 Å². The number of carbonyl (C=O) groups excluding carboxylic acids is 1. The third kappa shape index (κ3) is 3.22. The van der Waals surface area contributed by atoms with E-state index < -0.39 is 11.9 Å². The summed E-state index contributed by atoms with van der Waals surface area (Å²) in [4.78, 5) is 13.1. The van der Waals surface area contributed by atoms with Crippen molar-refractivity contribution in [3.63, 3.8) is 0 Å². The number of benzene rings is 2. The fourth-order valence-corrected chi connectivity index (χ4v) is 2.12. The SMILES string of the molecule is CSc1ccc(C(=O)C(O)c2ccc(F)cc2)cc1. The number of rotatable bonds is 4. The van der Waals surface area contributed by atoms with Gasteiger partial charge in [0.1, 0.15) is 11.9 Å². The summed E-state index contributed by atoms with van der Waals surface area (Å²) in [6.45, 7) is 0. The van der Waals surface area contributed by atoms with E-state index in [1.54, 1.807) is 23.9 Å². The summed E-state index contributed by atoms with van der Waals surface area (Å²) < 4.78 is 12.8. The molecule has 2 aromatic carbocycles. The van der Waals surface area contributed by atoms with E-state index in [2.05, 4.69) is 0 Å². The molecule has 0 bridgehead atoms. The van der Waals surface area contributed by atoms with Crippen LogP contribution in [0.5, 0.6) is 0 Å². The van der Waals surface area contributed by atoms with Gasteiger partial charge < -0.3 is 5.11 Å². The van der Waals surface area contributed by atoms with Crippen LogP contribution >= 0.6 is 11.8 Å². The predicted molar refractivity (Wildman–Crippen MR) is 73.9 cm³/mol. The summed E-state index contributed by atoms with van der Waals surface area (Å²) in [5.74, 6) is -0.785. The van der Waals surface area contributed by atoms with E-state index in [0.29, 0.717) is 11.1 Å². The van der Waals surface area contributed by atoms with Crippen LogP contribution in [0.4, 0.5) is 4.39 Å². The minimum Gasteiger partial charge on any atom is -0.380 e. The Labute approximate surface area is 115 Å². The highest BCUT2D eigenvalue weighted by Gasteiger charge is 2.19. The maximum atomic E-state index is 12.8. The van der Waals surface area contributed by atoms with Crippen LogP contribution < -0.4 is 0 Å². The van der Waals surface area contributed by atoms with Crippen LogP contribution in [0.15, 0.2) is 53.4 Å². The van der Waals surface area contributed by atoms with E-state index in [1.807, 2.05) is 18.4 Å². The van der Waals surface area contributed by atoms with E-state index in [0.717, 1.165) is 4.90 Å². The molecule has 0 amide bonds. The molecule has 0 radical (unpaired) electrons. The summed E-state index contributed by atoms with van der Waals surface area (Å²) >= 11 is 1.58. The van der Waals surface area contributed by atoms with E-state index >= 15 is 0 Å². The third-order valence-corrected chi connectivity index (χ3v) is 3.55. The van der Waals surface area contributed by atoms with Crippen LogP contribution in [0, 0.1) is 5.82 Å². The van der Waals surface area contributed by atoms with Gasteiger partial charge in [0.25, 0.3) is 0 Å². The zero-order chi connectivity index (χ0) is 13.8. The van der Waals surface area contributed by atoms with Crippen molar-refractivity contribution in [2.75, 3.05) is 6.26 Å². The van der Waals surface area contributed by atoms with Crippen molar-refractivity contribution in [1.29, 1.82) is 0 Å². The van der Waals surface area contributed by atoms with Gasteiger partial charge in [-0.15, -0.1) is 11.8 Å². The molecule has 1 N–H and O–H groups in total. The van der Waals surface area contributed by atoms with E-state index in [-0.39, 0.29) is 5.78 Å². The Hall–Kier alpha value is -1.65. The first kappa shape index (κ1) is 13.8. The van der Waals surface area contributed by atoms with Crippen LogP contribution in [0.3, 0.4) is 0 Å². The average Bonchev–Trinajstić information content (AvgIpc) is 2.46. The van der Waals surface area contributed by atoms with Crippen molar-refractivity contribution >= 4 is 17.5 Å². The van der Waals surface area contributed by atoms with Crippen molar-refractivity contribution in [2.45, 2.75) is 11.0 Å². The third-order valence-electron chi connectivity index (χ3n) is 2.81. The smallest absolute Gasteiger partial charge is 0.195 e. The molecule has 0 spiro atoms. The second-order valence-electron chi connectivity index (χ2n) is 4.05. The number of halogens is 1. The Morgan fingerprint density at radius 3 is 2.21 bits per heavy atom. The molecule has 0 heterocycles. The molecule has 2 rings (SSSR count). The zero-order valence-electron chi connectivity index (χ0n) is 10.3. The molecule has 0 saturated heterocycles. The largest absolute Gasteiger partial charge is 0.380 e. The van der Waals surface area contributed by atoms with Gasteiger partial charge in [0, 0.05) is 10.5 Å². The number of Topliss-reactive ketones (excluding diaryl/α,β-unsaturated/α-hetero) is 1. The first-order valence-corrected chi connectivity index (χ1v) is 6.96. The molecule has 98 valence electrons. The lowest BCUT2D eigenvalue weighted by Gasteiger charge is -2.10. The van der Waals surface area contributed by atoms with Crippen molar-refractivity contribution in [1.82, 2.24) is 0 Å². The Kier molecular flexibility index (Phi) is 4.35. The lowest BCUT2D eigenvalue weighted by Crippen LogP contribution is -2.12. The van der Waals surface area contributed by atoms with Gasteiger partial charge in [-0.2, -0.15) is 0 Å². The number of hydrogen-bond acceptors (Lipinski definition) is 3. The van der Waals surface area contributed by atoms with Crippen LogP contribution in [0.2, 0.25) is 0 Å². The molecule has 0 fully saturated rings. The Bertz CT molecular complexity index is 564. The second kappa shape index (κ2) is 5.99. The van der Waals surface area contributed by atoms with Gasteiger partial charge in [-0.05, 0) is 36.1 Å². The summed E-state index contributed by atoms with van der Waals surface area (Å²) in [5.41, 5.74) is 0.829. The minimum absolute atomic E-state index is 0.389. The quantitative estimate of drug-likeness (QED) is 0.686. The Balaban J connectivity index is 2.20. The lowest BCUT2D eigenvalue weighted by atomic mass is 10.00. The fraction of sp³-hybridized carbons (Fsp3) is 0.133. The number of ketones is 1. The van der Waals surface area contributed by atoms with Crippen molar-refractivity contribution < 1.29 is 14.3 Å². The second-order valence-corrected chi connectivity index (χ2v) is 4.93. The van der Waals surface area contributed by atoms with Gasteiger partial charge in [-0.1, -0.05) is 24.3 Å². The molecule has 0 aliphatic rings. The summed E-state index contributed by atoms with van der Waals surface area (Å²) in [6, 6.07) is 12.3. The lowest BCUT2D eigenvalue weighted by molar-refractivity contribution is 0.0747. The summed E-state index contributed by atoms with van der Waals surface area (Å²) in [5, 5.41) is 9.98. The normalized spacial score (nSPS) is 12.2. The molecule has 0 saturated carbocycles. The number of hydrogen-bond donors (Lipinski definition) is 1. The number of aliphatic hydroxyl groups excluding tert-OH is 1. The maximum Gasteiger partial charge on any atom is 0.195 e. The van der Waals surface area contributed by atoms with Crippen LogP contribution in [0.1, 0.15) is 22.0 Å². The molecule has 1 unspecified atom stereocenters.